The summed E-state index contributed by atoms with van der Waals surface area (Å²) in [5.41, 5.74) is 3.36. The van der Waals surface area contributed by atoms with E-state index in [1.807, 2.05) is 30.3 Å². The van der Waals surface area contributed by atoms with Gasteiger partial charge in [-0.25, -0.2) is 8.42 Å². The highest BCUT2D eigenvalue weighted by Gasteiger charge is 2.31. The van der Waals surface area contributed by atoms with Gasteiger partial charge in [0.15, 0.2) is 0 Å². The van der Waals surface area contributed by atoms with E-state index in [-0.39, 0.29) is 16.0 Å². The van der Waals surface area contributed by atoms with Crippen LogP contribution in [0, 0.1) is 6.92 Å². The predicted molar refractivity (Wildman–Crippen MR) is 137 cm³/mol. The Morgan fingerprint density at radius 1 is 0.912 bits per heavy atom. The Bertz CT molecular complexity index is 1210. The number of ether oxygens (including phenoxy) is 1. The second-order valence-electron chi connectivity index (χ2n) is 8.48. The van der Waals surface area contributed by atoms with Gasteiger partial charge < -0.3 is 4.74 Å². The van der Waals surface area contributed by atoms with E-state index in [4.69, 9.17) is 27.9 Å². The number of nitrogens with zero attached hydrogens (tertiary/aromatic N) is 2. The number of rotatable bonds is 8. The summed E-state index contributed by atoms with van der Waals surface area (Å²) in [4.78, 5) is 2.40. The van der Waals surface area contributed by atoms with Gasteiger partial charge in [0.1, 0.15) is 4.90 Å². The van der Waals surface area contributed by atoms with Crippen molar-refractivity contribution < 1.29 is 13.2 Å². The summed E-state index contributed by atoms with van der Waals surface area (Å²) in [6.07, 6.45) is -0.162. The lowest BCUT2D eigenvalue weighted by Gasteiger charge is -2.36. The lowest BCUT2D eigenvalue weighted by molar-refractivity contribution is 0.00771. The van der Waals surface area contributed by atoms with Crippen molar-refractivity contribution >= 4 is 33.2 Å². The van der Waals surface area contributed by atoms with Crippen LogP contribution in [0.2, 0.25) is 10.0 Å². The van der Waals surface area contributed by atoms with Crippen molar-refractivity contribution in [2.45, 2.75) is 24.5 Å². The first-order chi connectivity index (χ1) is 16.3. The van der Waals surface area contributed by atoms with Crippen LogP contribution in [0.15, 0.2) is 77.7 Å². The van der Waals surface area contributed by atoms with Crippen LogP contribution in [0.3, 0.4) is 0 Å². The monoisotopic (exact) mass is 518 g/mol. The fourth-order valence-electron chi connectivity index (χ4n) is 4.11. The van der Waals surface area contributed by atoms with Gasteiger partial charge in [0.2, 0.25) is 10.0 Å². The molecule has 3 aromatic rings. The van der Waals surface area contributed by atoms with E-state index in [1.54, 1.807) is 24.3 Å². The maximum absolute atomic E-state index is 13.1. The highest BCUT2D eigenvalue weighted by atomic mass is 35.5. The SMILES string of the molecule is Cc1cccc(CO[C@@H](CN2CCN(S(=O)(=O)c3ccccc3Cl)CC2)c2ccc(Cl)cc2)c1. The third-order valence-corrected chi connectivity index (χ3v) is 8.64. The first-order valence-corrected chi connectivity index (χ1v) is 13.4. The number of sulfonamides is 1. The van der Waals surface area contributed by atoms with Crippen LogP contribution in [0.4, 0.5) is 0 Å². The second-order valence-corrected chi connectivity index (χ2v) is 11.2. The van der Waals surface area contributed by atoms with Crippen molar-refractivity contribution in [1.82, 2.24) is 9.21 Å². The van der Waals surface area contributed by atoms with E-state index in [9.17, 15) is 8.42 Å². The lowest BCUT2D eigenvalue weighted by atomic mass is 10.1. The molecule has 1 aliphatic heterocycles. The van der Waals surface area contributed by atoms with Crippen molar-refractivity contribution in [2.24, 2.45) is 0 Å². The minimum absolute atomic E-state index is 0.158. The van der Waals surface area contributed by atoms with Gasteiger partial charge in [-0.05, 0) is 42.3 Å². The number of hydrogen-bond acceptors (Lipinski definition) is 4. The zero-order chi connectivity index (χ0) is 24.1. The molecule has 4 rings (SSSR count). The smallest absolute Gasteiger partial charge is 0.244 e. The van der Waals surface area contributed by atoms with Gasteiger partial charge in [0.25, 0.3) is 0 Å². The molecule has 5 nitrogen and oxygen atoms in total. The standard InChI is InChI=1S/C26H28Cl2N2O3S/c1-20-5-4-6-21(17-20)19-33-25(22-9-11-23(27)12-10-22)18-29-13-15-30(16-14-29)34(31,32)26-8-3-2-7-24(26)28/h2-12,17,25H,13-16,18-19H2,1H3/t25-/m0/s1. The molecule has 1 atom stereocenters. The Hall–Kier alpha value is -1.93. The van der Waals surface area contributed by atoms with Crippen LogP contribution in [0.5, 0.6) is 0 Å². The average molecular weight is 519 g/mol. The number of piperazine rings is 1. The number of halogens is 2. The number of aryl methyl sites for hydroxylation is 1. The normalized spacial score (nSPS) is 16.4. The molecule has 0 aliphatic carbocycles. The molecule has 1 saturated heterocycles. The molecule has 34 heavy (non-hydrogen) atoms. The topological polar surface area (TPSA) is 49.9 Å². The van der Waals surface area contributed by atoms with Crippen LogP contribution in [0.25, 0.3) is 0 Å². The molecular weight excluding hydrogens is 491 g/mol. The fourth-order valence-corrected chi connectivity index (χ4v) is 6.15. The number of hydrogen-bond donors (Lipinski definition) is 0. The zero-order valence-corrected chi connectivity index (χ0v) is 21.4. The molecule has 180 valence electrons. The van der Waals surface area contributed by atoms with Crippen molar-refractivity contribution in [3.63, 3.8) is 0 Å². The largest absolute Gasteiger partial charge is 0.368 e. The van der Waals surface area contributed by atoms with Gasteiger partial charge in [-0.15, -0.1) is 0 Å². The highest BCUT2D eigenvalue weighted by Crippen LogP contribution is 2.27. The maximum atomic E-state index is 13.1. The van der Waals surface area contributed by atoms with Crippen LogP contribution >= 0.6 is 23.2 Å². The molecule has 0 aromatic heterocycles. The van der Waals surface area contributed by atoms with Gasteiger partial charge in [-0.2, -0.15) is 4.31 Å². The fraction of sp³-hybridized carbons (Fsp3) is 0.308. The third-order valence-electron chi connectivity index (χ3n) is 5.99. The molecule has 3 aromatic carbocycles. The summed E-state index contributed by atoms with van der Waals surface area (Å²) < 4.78 is 34.0. The molecule has 0 amide bonds. The van der Waals surface area contributed by atoms with E-state index in [1.165, 1.54) is 9.87 Å². The van der Waals surface area contributed by atoms with Gasteiger partial charge >= 0.3 is 0 Å². The Labute approximate surface area is 211 Å². The van der Waals surface area contributed by atoms with Gasteiger partial charge in [-0.1, -0.05) is 77.3 Å². The minimum atomic E-state index is -3.62. The first-order valence-electron chi connectivity index (χ1n) is 11.2. The van der Waals surface area contributed by atoms with Crippen LogP contribution in [-0.4, -0.2) is 50.3 Å². The van der Waals surface area contributed by atoms with E-state index < -0.39 is 10.0 Å². The molecule has 0 N–H and O–H groups in total. The Kier molecular flexibility index (Phi) is 8.30. The summed E-state index contributed by atoms with van der Waals surface area (Å²) in [5, 5.41) is 0.928. The molecule has 1 aliphatic rings. The third kappa shape index (κ3) is 6.19. The Morgan fingerprint density at radius 2 is 1.62 bits per heavy atom. The van der Waals surface area contributed by atoms with E-state index in [2.05, 4.69) is 30.0 Å². The number of benzene rings is 3. The Morgan fingerprint density at radius 3 is 2.29 bits per heavy atom. The molecule has 0 bridgehead atoms. The van der Waals surface area contributed by atoms with E-state index in [0.717, 1.165) is 11.1 Å². The van der Waals surface area contributed by atoms with Crippen molar-refractivity contribution in [3.05, 3.63) is 99.5 Å². The van der Waals surface area contributed by atoms with Crippen molar-refractivity contribution in [1.29, 1.82) is 0 Å². The van der Waals surface area contributed by atoms with Crippen LogP contribution in [-0.2, 0) is 21.4 Å². The predicted octanol–water partition coefficient (Wildman–Crippen LogP) is 5.57. The minimum Gasteiger partial charge on any atom is -0.368 e. The summed E-state index contributed by atoms with van der Waals surface area (Å²) in [6, 6.07) is 22.6. The van der Waals surface area contributed by atoms with Crippen LogP contribution in [0.1, 0.15) is 22.8 Å². The molecule has 8 heteroatoms. The van der Waals surface area contributed by atoms with Crippen molar-refractivity contribution in [3.8, 4) is 0 Å². The molecule has 1 heterocycles. The van der Waals surface area contributed by atoms with E-state index in [0.29, 0.717) is 44.4 Å². The van der Waals surface area contributed by atoms with Crippen molar-refractivity contribution in [2.75, 3.05) is 32.7 Å². The summed E-state index contributed by atoms with van der Waals surface area (Å²) in [6.45, 7) is 5.25. The molecular formula is C26H28Cl2N2O3S. The average Bonchev–Trinajstić information content (AvgIpc) is 2.83. The zero-order valence-electron chi connectivity index (χ0n) is 19.0. The summed E-state index contributed by atoms with van der Waals surface area (Å²) in [5.74, 6) is 0. The molecule has 0 spiro atoms. The van der Waals surface area contributed by atoms with Gasteiger partial charge in [-0.3, -0.25) is 4.90 Å². The first kappa shape index (κ1) is 25.2. The molecule has 1 fully saturated rings. The quantitative estimate of drug-likeness (QED) is 0.391. The van der Waals surface area contributed by atoms with Crippen LogP contribution < -0.4 is 0 Å². The lowest BCUT2D eigenvalue weighted by Crippen LogP contribution is -2.49. The highest BCUT2D eigenvalue weighted by molar-refractivity contribution is 7.89. The van der Waals surface area contributed by atoms with E-state index >= 15 is 0 Å². The molecule has 0 radical (unpaired) electrons. The van der Waals surface area contributed by atoms with Gasteiger partial charge in [0.05, 0.1) is 17.7 Å². The van der Waals surface area contributed by atoms with Gasteiger partial charge in [0, 0.05) is 37.7 Å². The molecule has 0 saturated carbocycles. The molecule has 0 unspecified atom stereocenters. The second kappa shape index (κ2) is 11.2. The summed E-state index contributed by atoms with van der Waals surface area (Å²) >= 11 is 12.3. The maximum Gasteiger partial charge on any atom is 0.244 e. The Balaban J connectivity index is 1.43. The summed E-state index contributed by atoms with van der Waals surface area (Å²) in [7, 11) is -3.62.